The molecule has 0 radical (unpaired) electrons. The highest BCUT2D eigenvalue weighted by molar-refractivity contribution is 5.94. The van der Waals surface area contributed by atoms with Gasteiger partial charge in [-0.25, -0.2) is 13.6 Å². The monoisotopic (exact) mass is 524 g/mol. The molecule has 0 unspecified atom stereocenters. The first-order valence-electron chi connectivity index (χ1n) is 12.7. The van der Waals surface area contributed by atoms with Crippen LogP contribution in [0, 0.1) is 17.0 Å². The first kappa shape index (κ1) is 25.8. The highest BCUT2D eigenvalue weighted by Gasteiger charge is 2.38. The van der Waals surface area contributed by atoms with Gasteiger partial charge in [0.05, 0.1) is 16.9 Å². The van der Waals surface area contributed by atoms with Crippen molar-refractivity contribution in [2.45, 2.75) is 44.7 Å². The minimum Gasteiger partial charge on any atom is -0.477 e. The summed E-state index contributed by atoms with van der Waals surface area (Å²) in [7, 11) is 0. The maximum absolute atomic E-state index is 15.9. The van der Waals surface area contributed by atoms with E-state index in [9.17, 15) is 19.5 Å². The number of hydrogen-bond donors (Lipinski definition) is 3. The zero-order valence-corrected chi connectivity index (χ0v) is 21.0. The Morgan fingerprint density at radius 2 is 1.95 bits per heavy atom. The van der Waals surface area contributed by atoms with Gasteiger partial charge in [-0.05, 0) is 37.3 Å². The zero-order valence-electron chi connectivity index (χ0n) is 21.0. The number of carboxylic acid groups (broad SMARTS) is 1. The number of carbonyl (C=O) groups excluding carboxylic acids is 1. The van der Waals surface area contributed by atoms with Gasteiger partial charge in [-0.15, -0.1) is 0 Å². The molecule has 38 heavy (non-hydrogen) atoms. The molecule has 1 aromatic heterocycles. The Kier molecular flexibility index (Phi) is 6.68. The average Bonchev–Trinajstić information content (AvgIpc) is 3.65. The van der Waals surface area contributed by atoms with Gasteiger partial charge in [-0.2, -0.15) is 0 Å². The number of amides is 1. The Labute approximate surface area is 218 Å². The molecule has 1 saturated heterocycles. The summed E-state index contributed by atoms with van der Waals surface area (Å²) in [4.78, 5) is 38.5. The summed E-state index contributed by atoms with van der Waals surface area (Å²) in [5.74, 6) is -3.52. The maximum Gasteiger partial charge on any atom is 0.341 e. The van der Waals surface area contributed by atoms with E-state index in [0.717, 1.165) is 30.7 Å². The molecule has 1 saturated carbocycles. The van der Waals surface area contributed by atoms with E-state index >= 15 is 8.78 Å². The molecule has 0 bridgehead atoms. The summed E-state index contributed by atoms with van der Waals surface area (Å²) in [5, 5.41) is 12.0. The Balaban J connectivity index is 1.36. The van der Waals surface area contributed by atoms with Gasteiger partial charge in [0.25, 0.3) is 0 Å². The molecule has 2 aliphatic rings. The number of fused-ring (bicyclic) bond motifs is 1. The first-order chi connectivity index (χ1) is 18.1. The number of rotatable bonds is 8. The summed E-state index contributed by atoms with van der Waals surface area (Å²) < 4.78 is 32.7. The normalized spacial score (nSPS) is 20.1. The van der Waals surface area contributed by atoms with Crippen molar-refractivity contribution in [2.24, 2.45) is 11.1 Å². The lowest BCUT2D eigenvalue weighted by molar-refractivity contribution is -0.122. The first-order valence-corrected chi connectivity index (χ1v) is 12.7. The molecular weight excluding hydrogens is 494 g/mol. The van der Waals surface area contributed by atoms with E-state index in [1.54, 1.807) is 4.90 Å². The third-order valence-corrected chi connectivity index (χ3v) is 7.55. The third-order valence-electron chi connectivity index (χ3n) is 7.55. The number of aromatic carboxylic acids is 1. The predicted molar refractivity (Wildman–Crippen MR) is 139 cm³/mol. The smallest absolute Gasteiger partial charge is 0.341 e. The fourth-order valence-electron chi connectivity index (χ4n) is 5.27. The number of anilines is 1. The van der Waals surface area contributed by atoms with Gasteiger partial charge in [0.2, 0.25) is 11.3 Å². The highest BCUT2D eigenvalue weighted by Crippen LogP contribution is 2.41. The highest BCUT2D eigenvalue weighted by atomic mass is 19.1. The van der Waals surface area contributed by atoms with Crippen LogP contribution in [0.3, 0.4) is 0 Å². The van der Waals surface area contributed by atoms with E-state index in [1.807, 2.05) is 37.3 Å². The van der Waals surface area contributed by atoms with Crippen LogP contribution in [-0.4, -0.2) is 47.2 Å². The van der Waals surface area contributed by atoms with E-state index in [4.69, 9.17) is 5.73 Å². The molecule has 2 atom stereocenters. The molecule has 2 fully saturated rings. The molecule has 10 heteroatoms. The molecule has 200 valence electrons. The van der Waals surface area contributed by atoms with E-state index in [1.165, 1.54) is 4.57 Å². The van der Waals surface area contributed by atoms with E-state index in [0.29, 0.717) is 19.4 Å². The number of halogens is 2. The molecule has 1 aliphatic heterocycles. The van der Waals surface area contributed by atoms with Crippen LogP contribution in [0.4, 0.5) is 14.5 Å². The maximum atomic E-state index is 15.9. The Bertz CT molecular complexity index is 1470. The number of pyridine rings is 1. The zero-order chi connectivity index (χ0) is 27.2. The van der Waals surface area contributed by atoms with Crippen molar-refractivity contribution in [2.75, 3.05) is 24.5 Å². The van der Waals surface area contributed by atoms with Gasteiger partial charge in [0.15, 0.2) is 5.82 Å². The number of hydrogen-bond acceptors (Lipinski definition) is 5. The van der Waals surface area contributed by atoms with Crippen LogP contribution < -0.4 is 21.4 Å². The Morgan fingerprint density at radius 3 is 2.61 bits per heavy atom. The number of carbonyl (C=O) groups is 2. The molecule has 1 amide bonds. The van der Waals surface area contributed by atoms with Crippen LogP contribution in [0.15, 0.2) is 47.4 Å². The van der Waals surface area contributed by atoms with E-state index in [-0.39, 0.29) is 41.6 Å². The van der Waals surface area contributed by atoms with Gasteiger partial charge in [0, 0.05) is 37.3 Å². The van der Waals surface area contributed by atoms with Gasteiger partial charge in [0.1, 0.15) is 17.1 Å². The molecule has 2 heterocycles. The molecule has 8 nitrogen and oxygen atoms in total. The van der Waals surface area contributed by atoms with E-state index < -0.39 is 40.1 Å². The van der Waals surface area contributed by atoms with Crippen molar-refractivity contribution in [3.05, 3.63) is 75.6 Å². The summed E-state index contributed by atoms with van der Waals surface area (Å²) >= 11 is 0. The topological polar surface area (TPSA) is 118 Å². The number of nitrogens with one attached hydrogen (secondary N) is 1. The summed E-state index contributed by atoms with van der Waals surface area (Å²) in [6.07, 6.45) is 3.58. The second-order valence-electron chi connectivity index (χ2n) is 10.7. The van der Waals surface area contributed by atoms with Crippen molar-refractivity contribution in [1.82, 2.24) is 9.88 Å². The Morgan fingerprint density at radius 1 is 1.24 bits per heavy atom. The second-order valence-corrected chi connectivity index (χ2v) is 10.7. The predicted octanol–water partition coefficient (Wildman–Crippen LogP) is 3.22. The number of aromatic nitrogens is 1. The minimum atomic E-state index is -1.43. The van der Waals surface area contributed by atoms with Crippen molar-refractivity contribution in [3.8, 4) is 0 Å². The summed E-state index contributed by atoms with van der Waals surface area (Å²) in [6.45, 7) is 2.85. The molecule has 0 spiro atoms. The van der Waals surface area contributed by atoms with Crippen LogP contribution in [0.2, 0.25) is 0 Å². The third kappa shape index (κ3) is 4.88. The van der Waals surface area contributed by atoms with Gasteiger partial charge in [-0.1, -0.05) is 37.3 Å². The van der Waals surface area contributed by atoms with Gasteiger partial charge >= 0.3 is 5.97 Å². The van der Waals surface area contributed by atoms with Crippen LogP contribution in [0.5, 0.6) is 0 Å². The number of benzene rings is 2. The van der Waals surface area contributed by atoms with Crippen LogP contribution >= 0.6 is 0 Å². The standard InChI is InChI=1S/C28H30F2N4O4/c1-28(14-32-26(36)21(31)11-16-5-3-2-4-6-16)9-10-33(15-28)24-20(29)12-18-23(22(24)30)34(17-7-8-17)13-19(25(18)35)27(37)38/h2-6,12-13,17,21H,7-11,14-15,31H2,1H3,(H,32,36)(H,37,38)/t21-,28+/m0/s1. The molecule has 4 N–H and O–H groups in total. The lowest BCUT2D eigenvalue weighted by Crippen LogP contribution is -2.46. The van der Waals surface area contributed by atoms with Crippen molar-refractivity contribution in [1.29, 1.82) is 0 Å². The molecule has 2 aromatic carbocycles. The lowest BCUT2D eigenvalue weighted by atomic mass is 9.89. The van der Waals surface area contributed by atoms with Gasteiger partial charge < -0.3 is 25.6 Å². The van der Waals surface area contributed by atoms with Crippen LogP contribution in [-0.2, 0) is 11.2 Å². The molecule has 5 rings (SSSR count). The lowest BCUT2D eigenvalue weighted by Gasteiger charge is -2.27. The Hall–Kier alpha value is -3.79. The fourth-order valence-corrected chi connectivity index (χ4v) is 5.27. The quantitative estimate of drug-likeness (QED) is 0.417. The number of nitrogens with two attached hydrogens (primary N) is 1. The van der Waals surface area contributed by atoms with E-state index in [2.05, 4.69) is 5.32 Å². The number of carboxylic acids is 1. The van der Waals surface area contributed by atoms with Crippen LogP contribution in [0.1, 0.15) is 48.1 Å². The van der Waals surface area contributed by atoms with Crippen molar-refractivity contribution >= 4 is 28.5 Å². The minimum absolute atomic E-state index is 0.0762. The SMILES string of the molecule is C[C@]1(CNC(=O)[C@@H](N)Cc2ccccc2)CCN(c2c(F)cc3c(=O)c(C(=O)O)cn(C4CC4)c3c2F)C1. The molecule has 1 aliphatic carbocycles. The second kappa shape index (κ2) is 9.83. The number of nitrogens with zero attached hydrogens (tertiary/aromatic N) is 2. The van der Waals surface area contributed by atoms with Gasteiger partial charge in [-0.3, -0.25) is 9.59 Å². The van der Waals surface area contributed by atoms with Crippen molar-refractivity contribution in [3.63, 3.8) is 0 Å². The molecular formula is C28H30F2N4O4. The average molecular weight is 525 g/mol. The summed E-state index contributed by atoms with van der Waals surface area (Å²) in [6, 6.07) is 9.56. The largest absolute Gasteiger partial charge is 0.477 e. The van der Waals surface area contributed by atoms with Crippen molar-refractivity contribution < 1.29 is 23.5 Å². The summed E-state index contributed by atoms with van der Waals surface area (Å²) in [5.41, 5.74) is 4.84. The van der Waals surface area contributed by atoms with Crippen LogP contribution in [0.25, 0.3) is 10.9 Å². The fraction of sp³-hybridized carbons (Fsp3) is 0.393. The molecule has 3 aromatic rings.